The van der Waals surface area contributed by atoms with E-state index in [2.05, 4.69) is 6.92 Å². The lowest BCUT2D eigenvalue weighted by atomic mass is 9.90. The molecule has 0 saturated heterocycles. The molecule has 0 fully saturated rings. The molecule has 3 heteroatoms. The van der Waals surface area contributed by atoms with E-state index in [1.165, 1.54) is 0 Å². The standard InChI is InChI=1S/C12H20N2O/c1-9(5-10(7-13)8-14)11-3-2-4-12(15)6-11/h2-4,6,9-10,15H,5,7-8,13-14H2,1H3. The van der Waals surface area contributed by atoms with Crippen molar-refractivity contribution >= 4 is 0 Å². The number of nitrogens with two attached hydrogens (primary N) is 2. The smallest absolute Gasteiger partial charge is 0.115 e. The van der Waals surface area contributed by atoms with Crippen molar-refractivity contribution in [1.82, 2.24) is 0 Å². The van der Waals surface area contributed by atoms with Gasteiger partial charge in [0.15, 0.2) is 0 Å². The molecule has 1 rings (SSSR count). The fourth-order valence-corrected chi connectivity index (χ4v) is 1.76. The molecule has 1 aromatic rings. The molecule has 3 nitrogen and oxygen atoms in total. The van der Waals surface area contributed by atoms with Gasteiger partial charge in [-0.15, -0.1) is 0 Å². The van der Waals surface area contributed by atoms with Crippen LogP contribution in [0, 0.1) is 5.92 Å². The maximum Gasteiger partial charge on any atom is 0.115 e. The van der Waals surface area contributed by atoms with E-state index in [-0.39, 0.29) is 0 Å². The van der Waals surface area contributed by atoms with Crippen LogP contribution < -0.4 is 11.5 Å². The van der Waals surface area contributed by atoms with Gasteiger partial charge in [-0.1, -0.05) is 19.1 Å². The summed E-state index contributed by atoms with van der Waals surface area (Å²) in [5.41, 5.74) is 12.4. The first-order chi connectivity index (χ1) is 7.17. The average molecular weight is 208 g/mol. The molecule has 15 heavy (non-hydrogen) atoms. The molecule has 1 aromatic carbocycles. The number of benzene rings is 1. The molecule has 84 valence electrons. The Hall–Kier alpha value is -1.06. The molecule has 0 spiro atoms. The Morgan fingerprint density at radius 3 is 2.47 bits per heavy atom. The Bertz CT molecular complexity index is 297. The summed E-state index contributed by atoms with van der Waals surface area (Å²) in [5, 5.41) is 9.36. The van der Waals surface area contributed by atoms with Gasteiger partial charge in [0.1, 0.15) is 5.75 Å². The van der Waals surface area contributed by atoms with Crippen molar-refractivity contribution in [2.75, 3.05) is 13.1 Å². The summed E-state index contributed by atoms with van der Waals surface area (Å²) in [4.78, 5) is 0. The Labute approximate surface area is 91.1 Å². The van der Waals surface area contributed by atoms with Gasteiger partial charge in [0.2, 0.25) is 0 Å². The van der Waals surface area contributed by atoms with Crippen LogP contribution in [0.15, 0.2) is 24.3 Å². The van der Waals surface area contributed by atoms with E-state index in [1.54, 1.807) is 12.1 Å². The van der Waals surface area contributed by atoms with Gasteiger partial charge in [-0.3, -0.25) is 0 Å². The molecule has 0 heterocycles. The quantitative estimate of drug-likeness (QED) is 0.685. The molecule has 0 amide bonds. The molecular weight excluding hydrogens is 188 g/mol. The zero-order valence-corrected chi connectivity index (χ0v) is 9.19. The fraction of sp³-hybridized carbons (Fsp3) is 0.500. The third-order valence-corrected chi connectivity index (χ3v) is 2.79. The summed E-state index contributed by atoms with van der Waals surface area (Å²) >= 11 is 0. The van der Waals surface area contributed by atoms with Gasteiger partial charge in [-0.2, -0.15) is 0 Å². The summed E-state index contributed by atoms with van der Waals surface area (Å²) < 4.78 is 0. The number of rotatable bonds is 5. The van der Waals surface area contributed by atoms with Crippen LogP contribution in [0.3, 0.4) is 0 Å². The first-order valence-corrected chi connectivity index (χ1v) is 5.36. The second-order valence-corrected chi connectivity index (χ2v) is 4.07. The Balaban J connectivity index is 2.64. The summed E-state index contributed by atoms with van der Waals surface area (Å²) in [6.07, 6.45) is 0.969. The van der Waals surface area contributed by atoms with Crippen LogP contribution in [0.1, 0.15) is 24.8 Å². The van der Waals surface area contributed by atoms with Gasteiger partial charge in [-0.25, -0.2) is 0 Å². The topological polar surface area (TPSA) is 72.3 Å². The third-order valence-electron chi connectivity index (χ3n) is 2.79. The van der Waals surface area contributed by atoms with Crippen molar-refractivity contribution in [2.45, 2.75) is 19.3 Å². The Morgan fingerprint density at radius 2 is 1.93 bits per heavy atom. The average Bonchev–Trinajstić information content (AvgIpc) is 2.25. The maximum atomic E-state index is 9.36. The van der Waals surface area contributed by atoms with Crippen LogP contribution in [0.4, 0.5) is 0 Å². The number of phenolic OH excluding ortho intramolecular Hbond substituents is 1. The molecule has 0 saturated carbocycles. The van der Waals surface area contributed by atoms with Crippen molar-refractivity contribution in [1.29, 1.82) is 0 Å². The van der Waals surface area contributed by atoms with E-state index in [0.717, 1.165) is 12.0 Å². The number of phenols is 1. The molecule has 0 aliphatic heterocycles. The largest absolute Gasteiger partial charge is 0.508 e. The van der Waals surface area contributed by atoms with Crippen LogP contribution in [0.2, 0.25) is 0 Å². The van der Waals surface area contributed by atoms with E-state index < -0.39 is 0 Å². The van der Waals surface area contributed by atoms with Crippen molar-refractivity contribution in [3.63, 3.8) is 0 Å². The highest BCUT2D eigenvalue weighted by Crippen LogP contribution is 2.25. The maximum absolute atomic E-state index is 9.36. The molecule has 0 aliphatic carbocycles. The zero-order valence-electron chi connectivity index (χ0n) is 9.19. The van der Waals surface area contributed by atoms with E-state index in [1.807, 2.05) is 12.1 Å². The fourth-order valence-electron chi connectivity index (χ4n) is 1.76. The van der Waals surface area contributed by atoms with Crippen LogP contribution in [0.25, 0.3) is 0 Å². The molecule has 0 bridgehead atoms. The van der Waals surface area contributed by atoms with Gasteiger partial charge in [-0.05, 0) is 49.0 Å². The Kier molecular flexibility index (Phi) is 4.59. The molecule has 5 N–H and O–H groups in total. The lowest BCUT2D eigenvalue weighted by Gasteiger charge is -2.18. The van der Waals surface area contributed by atoms with Gasteiger partial charge in [0, 0.05) is 0 Å². The van der Waals surface area contributed by atoms with Crippen molar-refractivity contribution in [3.05, 3.63) is 29.8 Å². The minimum Gasteiger partial charge on any atom is -0.508 e. The molecule has 1 atom stereocenters. The highest BCUT2D eigenvalue weighted by Gasteiger charge is 2.12. The number of aromatic hydroxyl groups is 1. The molecule has 0 radical (unpaired) electrons. The first-order valence-electron chi connectivity index (χ1n) is 5.36. The molecular formula is C12H20N2O. The van der Waals surface area contributed by atoms with E-state index in [4.69, 9.17) is 11.5 Å². The Morgan fingerprint density at radius 1 is 1.27 bits per heavy atom. The van der Waals surface area contributed by atoms with Gasteiger partial charge in [0.25, 0.3) is 0 Å². The monoisotopic (exact) mass is 208 g/mol. The van der Waals surface area contributed by atoms with Gasteiger partial charge < -0.3 is 16.6 Å². The summed E-state index contributed by atoms with van der Waals surface area (Å²) in [6.45, 7) is 3.38. The lowest BCUT2D eigenvalue weighted by molar-refractivity contribution is 0.457. The van der Waals surface area contributed by atoms with E-state index >= 15 is 0 Å². The third kappa shape index (κ3) is 3.53. The minimum absolute atomic E-state index is 0.316. The highest BCUT2D eigenvalue weighted by molar-refractivity contribution is 5.29. The lowest BCUT2D eigenvalue weighted by Crippen LogP contribution is -2.24. The van der Waals surface area contributed by atoms with Crippen molar-refractivity contribution in [3.8, 4) is 5.75 Å². The first kappa shape index (κ1) is 12.0. The normalized spacial score (nSPS) is 13.1. The molecule has 0 aliphatic rings. The zero-order chi connectivity index (χ0) is 11.3. The predicted molar refractivity (Wildman–Crippen MR) is 62.7 cm³/mol. The molecule has 1 unspecified atom stereocenters. The highest BCUT2D eigenvalue weighted by atomic mass is 16.3. The van der Waals surface area contributed by atoms with Crippen LogP contribution in [0.5, 0.6) is 5.75 Å². The summed E-state index contributed by atoms with van der Waals surface area (Å²) in [5.74, 6) is 1.06. The van der Waals surface area contributed by atoms with E-state index in [9.17, 15) is 5.11 Å². The second-order valence-electron chi connectivity index (χ2n) is 4.07. The van der Waals surface area contributed by atoms with E-state index in [0.29, 0.717) is 30.7 Å². The number of hydrogen-bond donors (Lipinski definition) is 3. The van der Waals surface area contributed by atoms with Gasteiger partial charge in [0.05, 0.1) is 0 Å². The van der Waals surface area contributed by atoms with Crippen LogP contribution in [-0.2, 0) is 0 Å². The summed E-state index contributed by atoms with van der Waals surface area (Å²) in [6, 6.07) is 7.36. The van der Waals surface area contributed by atoms with Crippen molar-refractivity contribution in [2.24, 2.45) is 17.4 Å². The predicted octanol–water partition coefficient (Wildman–Crippen LogP) is 1.42. The van der Waals surface area contributed by atoms with Crippen molar-refractivity contribution < 1.29 is 5.11 Å². The summed E-state index contributed by atoms with van der Waals surface area (Å²) in [7, 11) is 0. The molecule has 0 aromatic heterocycles. The second kappa shape index (κ2) is 5.73. The number of hydrogen-bond acceptors (Lipinski definition) is 3. The van der Waals surface area contributed by atoms with Gasteiger partial charge >= 0.3 is 0 Å². The van der Waals surface area contributed by atoms with Crippen LogP contribution in [-0.4, -0.2) is 18.2 Å². The SMILES string of the molecule is CC(CC(CN)CN)c1cccc(O)c1. The van der Waals surface area contributed by atoms with Crippen LogP contribution >= 0.6 is 0 Å². The minimum atomic E-state index is 0.316.